The van der Waals surface area contributed by atoms with Crippen molar-refractivity contribution in [3.63, 3.8) is 0 Å². The predicted octanol–water partition coefficient (Wildman–Crippen LogP) is 3.01. The van der Waals surface area contributed by atoms with Gasteiger partial charge in [-0.1, -0.05) is 29.8 Å². The number of amides is 2. The highest BCUT2D eigenvalue weighted by molar-refractivity contribution is 5.92. The van der Waals surface area contributed by atoms with E-state index < -0.39 is 0 Å². The van der Waals surface area contributed by atoms with E-state index >= 15 is 0 Å². The Morgan fingerprint density at radius 1 is 1.10 bits per heavy atom. The van der Waals surface area contributed by atoms with Gasteiger partial charge in [0.25, 0.3) is 0 Å². The second kappa shape index (κ2) is 10.8. The summed E-state index contributed by atoms with van der Waals surface area (Å²) in [6.07, 6.45) is 2.34. The van der Waals surface area contributed by atoms with E-state index in [9.17, 15) is 9.59 Å². The molecule has 160 valence electrons. The van der Waals surface area contributed by atoms with Crippen LogP contribution in [0.25, 0.3) is 0 Å². The third-order valence-electron chi connectivity index (χ3n) is 5.51. The van der Waals surface area contributed by atoms with Gasteiger partial charge < -0.3 is 15.4 Å². The summed E-state index contributed by atoms with van der Waals surface area (Å²) < 4.78 is 5.23. The van der Waals surface area contributed by atoms with Gasteiger partial charge >= 0.3 is 0 Å². The van der Waals surface area contributed by atoms with Crippen LogP contribution < -0.4 is 15.4 Å². The highest BCUT2D eigenvalue weighted by Crippen LogP contribution is 2.18. The number of nitrogens with zero attached hydrogens (tertiary/aromatic N) is 1. The van der Waals surface area contributed by atoms with Gasteiger partial charge in [-0.15, -0.1) is 0 Å². The normalized spacial score (nSPS) is 14.9. The predicted molar refractivity (Wildman–Crippen MR) is 119 cm³/mol. The number of benzene rings is 2. The fourth-order valence-corrected chi connectivity index (χ4v) is 3.70. The van der Waals surface area contributed by atoms with Crippen LogP contribution in [0.15, 0.2) is 48.5 Å². The van der Waals surface area contributed by atoms with Crippen LogP contribution in [0.3, 0.4) is 0 Å². The third kappa shape index (κ3) is 6.59. The van der Waals surface area contributed by atoms with Gasteiger partial charge in [-0.25, -0.2) is 0 Å². The summed E-state index contributed by atoms with van der Waals surface area (Å²) >= 11 is 0. The number of carbonyl (C=O) groups excluding carboxylic acids is 2. The van der Waals surface area contributed by atoms with Gasteiger partial charge in [0.2, 0.25) is 11.8 Å². The number of rotatable bonds is 8. The van der Waals surface area contributed by atoms with Crippen molar-refractivity contribution in [1.82, 2.24) is 10.2 Å². The third-order valence-corrected chi connectivity index (χ3v) is 5.51. The molecule has 2 aromatic carbocycles. The van der Waals surface area contributed by atoms with Crippen LogP contribution in [-0.4, -0.2) is 50.0 Å². The molecule has 2 amide bonds. The molecule has 30 heavy (non-hydrogen) atoms. The van der Waals surface area contributed by atoms with Crippen LogP contribution in [0.2, 0.25) is 0 Å². The Labute approximate surface area is 178 Å². The fraction of sp³-hybridized carbons (Fsp3) is 0.417. The van der Waals surface area contributed by atoms with Crippen molar-refractivity contribution in [3.05, 3.63) is 59.7 Å². The van der Waals surface area contributed by atoms with Gasteiger partial charge in [0, 0.05) is 18.2 Å². The first-order valence-corrected chi connectivity index (χ1v) is 10.5. The quantitative estimate of drug-likeness (QED) is 0.703. The van der Waals surface area contributed by atoms with Crippen molar-refractivity contribution >= 4 is 17.5 Å². The summed E-state index contributed by atoms with van der Waals surface area (Å²) in [7, 11) is 1.65. The Morgan fingerprint density at radius 2 is 1.83 bits per heavy atom. The first kappa shape index (κ1) is 21.8. The zero-order chi connectivity index (χ0) is 21.3. The topological polar surface area (TPSA) is 70.7 Å². The lowest BCUT2D eigenvalue weighted by molar-refractivity contribution is -0.126. The van der Waals surface area contributed by atoms with Crippen molar-refractivity contribution in [3.8, 4) is 5.75 Å². The summed E-state index contributed by atoms with van der Waals surface area (Å²) in [5.41, 5.74) is 3.12. The summed E-state index contributed by atoms with van der Waals surface area (Å²) in [6.45, 7) is 4.51. The van der Waals surface area contributed by atoms with E-state index in [2.05, 4.69) is 15.5 Å². The summed E-state index contributed by atoms with van der Waals surface area (Å²) in [6, 6.07) is 15.7. The van der Waals surface area contributed by atoms with Gasteiger partial charge in [0.1, 0.15) is 5.75 Å². The molecule has 6 nitrogen and oxygen atoms in total. The highest BCUT2D eigenvalue weighted by Gasteiger charge is 2.25. The molecule has 0 spiro atoms. The van der Waals surface area contributed by atoms with Crippen LogP contribution in [0.4, 0.5) is 5.69 Å². The van der Waals surface area contributed by atoms with Crippen LogP contribution >= 0.6 is 0 Å². The van der Waals surface area contributed by atoms with Gasteiger partial charge in [-0.3, -0.25) is 14.5 Å². The van der Waals surface area contributed by atoms with Gasteiger partial charge in [-0.2, -0.15) is 0 Å². The molecule has 0 aromatic heterocycles. The minimum Gasteiger partial charge on any atom is -0.497 e. The Balaban J connectivity index is 1.35. The monoisotopic (exact) mass is 409 g/mol. The van der Waals surface area contributed by atoms with Crippen LogP contribution in [0.1, 0.15) is 24.0 Å². The van der Waals surface area contributed by atoms with Crippen molar-refractivity contribution in [1.29, 1.82) is 0 Å². The molecular weight excluding hydrogens is 378 g/mol. The van der Waals surface area contributed by atoms with E-state index in [0.717, 1.165) is 54.9 Å². The molecule has 0 saturated carbocycles. The Hall–Kier alpha value is -2.86. The maximum atomic E-state index is 12.5. The molecule has 1 saturated heterocycles. The molecule has 0 radical (unpaired) electrons. The minimum atomic E-state index is -0.0138. The van der Waals surface area contributed by atoms with E-state index in [0.29, 0.717) is 13.1 Å². The van der Waals surface area contributed by atoms with Crippen LogP contribution in [-0.2, 0) is 16.0 Å². The maximum absolute atomic E-state index is 12.5. The number of carbonyl (C=O) groups is 2. The molecule has 2 aromatic rings. The van der Waals surface area contributed by atoms with Crippen molar-refractivity contribution in [2.24, 2.45) is 5.92 Å². The lowest BCUT2D eigenvalue weighted by Crippen LogP contribution is -2.43. The molecule has 2 N–H and O–H groups in total. The molecule has 6 heteroatoms. The van der Waals surface area contributed by atoms with Crippen LogP contribution in [0, 0.1) is 12.8 Å². The van der Waals surface area contributed by atoms with Crippen LogP contribution in [0.5, 0.6) is 5.75 Å². The number of aryl methyl sites for hydroxylation is 1. The zero-order valence-corrected chi connectivity index (χ0v) is 17.8. The standard InChI is InChI=1S/C24H31N3O3/c1-18-6-8-21(9-7-18)26-23(28)17-27-14-11-20(12-15-27)24(29)25-13-10-19-4-3-5-22(16-19)30-2/h3-9,16,20H,10-15,17H2,1-2H3,(H,25,29)(H,26,28). The SMILES string of the molecule is COc1cccc(CCNC(=O)C2CCN(CC(=O)Nc3ccc(C)cc3)CC2)c1. The summed E-state index contributed by atoms with van der Waals surface area (Å²) in [5, 5.41) is 5.99. The number of piperidine rings is 1. The molecule has 1 heterocycles. The lowest BCUT2D eigenvalue weighted by Gasteiger charge is -2.30. The first-order valence-electron chi connectivity index (χ1n) is 10.5. The zero-order valence-electron chi connectivity index (χ0n) is 17.8. The number of hydrogen-bond donors (Lipinski definition) is 2. The van der Waals surface area contributed by atoms with Crippen molar-refractivity contribution in [2.75, 3.05) is 38.6 Å². The highest BCUT2D eigenvalue weighted by atomic mass is 16.5. The number of hydrogen-bond acceptors (Lipinski definition) is 4. The van der Waals surface area contributed by atoms with Gasteiger partial charge in [0.15, 0.2) is 0 Å². The number of ether oxygens (including phenoxy) is 1. The lowest BCUT2D eigenvalue weighted by atomic mass is 9.96. The molecule has 3 rings (SSSR count). The van der Waals surface area contributed by atoms with Crippen molar-refractivity contribution in [2.45, 2.75) is 26.2 Å². The molecule has 1 aliphatic heterocycles. The molecule has 1 fully saturated rings. The van der Waals surface area contributed by atoms with Crippen molar-refractivity contribution < 1.29 is 14.3 Å². The second-order valence-electron chi connectivity index (χ2n) is 7.86. The summed E-state index contributed by atoms with van der Waals surface area (Å²) in [4.78, 5) is 26.9. The Kier molecular flexibility index (Phi) is 7.85. The van der Waals surface area contributed by atoms with E-state index in [1.54, 1.807) is 7.11 Å². The molecule has 0 aliphatic carbocycles. The second-order valence-corrected chi connectivity index (χ2v) is 7.86. The maximum Gasteiger partial charge on any atom is 0.238 e. The molecule has 1 aliphatic rings. The number of nitrogens with one attached hydrogen (secondary N) is 2. The minimum absolute atomic E-state index is 0.0138. The number of anilines is 1. The van der Waals surface area contributed by atoms with Gasteiger partial charge in [0.05, 0.1) is 13.7 Å². The first-order chi connectivity index (χ1) is 14.5. The Morgan fingerprint density at radius 3 is 2.53 bits per heavy atom. The average molecular weight is 410 g/mol. The Bertz CT molecular complexity index is 843. The number of methoxy groups -OCH3 is 1. The molecule has 0 bridgehead atoms. The van der Waals surface area contributed by atoms with E-state index in [1.165, 1.54) is 0 Å². The van der Waals surface area contributed by atoms with E-state index in [4.69, 9.17) is 4.74 Å². The fourth-order valence-electron chi connectivity index (χ4n) is 3.70. The van der Waals surface area contributed by atoms with E-state index in [1.807, 2.05) is 55.5 Å². The number of likely N-dealkylation sites (tertiary alicyclic amines) is 1. The summed E-state index contributed by atoms with van der Waals surface area (Å²) in [5.74, 6) is 0.950. The smallest absolute Gasteiger partial charge is 0.238 e. The molecule has 0 atom stereocenters. The van der Waals surface area contributed by atoms with Gasteiger partial charge in [-0.05, 0) is 69.1 Å². The molecular formula is C24H31N3O3. The average Bonchev–Trinajstić information content (AvgIpc) is 2.76. The largest absolute Gasteiger partial charge is 0.497 e. The molecule has 0 unspecified atom stereocenters. The van der Waals surface area contributed by atoms with E-state index in [-0.39, 0.29) is 17.7 Å².